The first-order valence-electron chi connectivity index (χ1n) is 11.3. The van der Waals surface area contributed by atoms with E-state index in [1.807, 2.05) is 35.2 Å². The number of hydrogen-bond acceptors (Lipinski definition) is 6. The van der Waals surface area contributed by atoms with Crippen LogP contribution in [-0.4, -0.2) is 45.7 Å². The van der Waals surface area contributed by atoms with E-state index >= 15 is 0 Å². The third-order valence-corrected chi connectivity index (χ3v) is 6.46. The highest BCUT2D eigenvalue weighted by molar-refractivity contribution is 6.05. The van der Waals surface area contributed by atoms with E-state index in [0.717, 1.165) is 30.2 Å². The van der Waals surface area contributed by atoms with Gasteiger partial charge in [0, 0.05) is 31.2 Å². The van der Waals surface area contributed by atoms with Crippen LogP contribution in [0.25, 0.3) is 10.8 Å². The molecule has 2 aliphatic rings. The first kappa shape index (κ1) is 20.1. The maximum atomic E-state index is 13.3. The van der Waals surface area contributed by atoms with E-state index in [-0.39, 0.29) is 11.9 Å². The number of benzene rings is 1. The lowest BCUT2D eigenvalue weighted by Gasteiger charge is -2.22. The molecule has 0 bridgehead atoms. The van der Waals surface area contributed by atoms with Gasteiger partial charge < -0.3 is 14.2 Å². The molecule has 0 radical (unpaired) electrons. The molecule has 31 heavy (non-hydrogen) atoms. The maximum Gasteiger partial charge on any atom is 0.273 e. The number of likely N-dealkylation sites (tertiary alicyclic amines) is 1. The molecule has 1 aromatic carbocycles. The summed E-state index contributed by atoms with van der Waals surface area (Å²) < 4.78 is 11.4. The van der Waals surface area contributed by atoms with Gasteiger partial charge in [-0.1, -0.05) is 42.3 Å². The molecule has 7 heteroatoms. The van der Waals surface area contributed by atoms with E-state index in [0.29, 0.717) is 42.9 Å². The minimum Gasteiger partial charge on any atom is -0.381 e. The number of nitrogens with zero attached hydrogens (tertiary/aromatic N) is 4. The van der Waals surface area contributed by atoms with Crippen LogP contribution in [0.3, 0.4) is 0 Å². The van der Waals surface area contributed by atoms with Gasteiger partial charge in [0.1, 0.15) is 11.7 Å². The SMILES string of the molecule is O=C(c1nccc2ccccc12)N1CCCC1c1nc(CCOCC2CCCC2)no1. The van der Waals surface area contributed by atoms with Crippen LogP contribution in [-0.2, 0) is 11.2 Å². The molecule has 7 nitrogen and oxygen atoms in total. The number of carbonyl (C=O) groups excluding carboxylic acids is 1. The van der Waals surface area contributed by atoms with Crippen LogP contribution in [0.5, 0.6) is 0 Å². The van der Waals surface area contributed by atoms with E-state index in [2.05, 4.69) is 15.1 Å². The number of pyridine rings is 1. The first-order chi connectivity index (χ1) is 15.3. The van der Waals surface area contributed by atoms with Crippen LogP contribution >= 0.6 is 0 Å². The van der Waals surface area contributed by atoms with Gasteiger partial charge in [0.05, 0.1) is 6.61 Å². The summed E-state index contributed by atoms with van der Waals surface area (Å²) in [6, 6.07) is 9.56. The lowest BCUT2D eigenvalue weighted by atomic mass is 10.1. The van der Waals surface area contributed by atoms with Crippen molar-refractivity contribution in [3.8, 4) is 0 Å². The molecule has 162 valence electrons. The largest absolute Gasteiger partial charge is 0.381 e. The Balaban J connectivity index is 1.24. The monoisotopic (exact) mass is 420 g/mol. The van der Waals surface area contributed by atoms with Crippen molar-refractivity contribution < 1.29 is 14.1 Å². The van der Waals surface area contributed by atoms with Gasteiger partial charge in [0.2, 0.25) is 5.89 Å². The number of carbonyl (C=O) groups is 1. The van der Waals surface area contributed by atoms with Crippen molar-refractivity contribution in [3.05, 3.63) is 53.9 Å². The first-order valence-corrected chi connectivity index (χ1v) is 11.3. The molecule has 1 saturated carbocycles. The number of hydrogen-bond donors (Lipinski definition) is 0. The quantitative estimate of drug-likeness (QED) is 0.529. The fourth-order valence-electron chi connectivity index (χ4n) is 4.79. The summed E-state index contributed by atoms with van der Waals surface area (Å²) in [4.78, 5) is 24.1. The van der Waals surface area contributed by atoms with Crippen LogP contribution in [0.15, 0.2) is 41.1 Å². The Bertz CT molecular complexity index is 1040. The van der Waals surface area contributed by atoms with Gasteiger partial charge in [0.15, 0.2) is 5.82 Å². The average Bonchev–Trinajstić information content (AvgIpc) is 3.57. The molecule has 3 aromatic rings. The van der Waals surface area contributed by atoms with Crippen molar-refractivity contribution in [2.75, 3.05) is 19.8 Å². The van der Waals surface area contributed by atoms with Gasteiger partial charge in [-0.25, -0.2) is 0 Å². The van der Waals surface area contributed by atoms with E-state index < -0.39 is 0 Å². The van der Waals surface area contributed by atoms with E-state index in [9.17, 15) is 4.79 Å². The normalized spacial score (nSPS) is 19.5. The predicted molar refractivity (Wildman–Crippen MR) is 116 cm³/mol. The molecule has 1 saturated heterocycles. The summed E-state index contributed by atoms with van der Waals surface area (Å²) in [7, 11) is 0. The second-order valence-electron chi connectivity index (χ2n) is 8.56. The molecule has 5 rings (SSSR count). The predicted octanol–water partition coefficient (Wildman–Crippen LogP) is 4.34. The lowest BCUT2D eigenvalue weighted by Crippen LogP contribution is -2.31. The van der Waals surface area contributed by atoms with Crippen molar-refractivity contribution in [3.63, 3.8) is 0 Å². The highest BCUT2D eigenvalue weighted by Gasteiger charge is 2.35. The van der Waals surface area contributed by atoms with Crippen molar-refractivity contribution in [1.82, 2.24) is 20.0 Å². The zero-order chi connectivity index (χ0) is 21.0. The summed E-state index contributed by atoms with van der Waals surface area (Å²) in [5, 5.41) is 6.00. The Morgan fingerprint density at radius 3 is 2.90 bits per heavy atom. The van der Waals surface area contributed by atoms with Gasteiger partial charge in [0.25, 0.3) is 5.91 Å². The molecule has 3 heterocycles. The van der Waals surface area contributed by atoms with Crippen molar-refractivity contribution in [1.29, 1.82) is 0 Å². The highest BCUT2D eigenvalue weighted by Crippen LogP contribution is 2.33. The molecule has 1 unspecified atom stereocenters. The summed E-state index contributed by atoms with van der Waals surface area (Å²) in [6.07, 6.45) is 9.26. The summed E-state index contributed by atoms with van der Waals surface area (Å²) in [6.45, 7) is 2.09. The Hall–Kier alpha value is -2.80. The number of aromatic nitrogens is 3. The smallest absolute Gasteiger partial charge is 0.273 e. The van der Waals surface area contributed by atoms with Crippen LogP contribution in [0.1, 0.15) is 66.8 Å². The third-order valence-electron chi connectivity index (χ3n) is 6.46. The standard InChI is InChI=1S/C24H28N4O3/c29-24(22-19-9-4-3-8-18(19)11-13-25-22)28-14-5-10-20(28)23-26-21(27-31-23)12-15-30-16-17-6-1-2-7-17/h3-4,8-9,11,13,17,20H,1-2,5-7,10,12,14-16H2. The minimum atomic E-state index is -0.200. The molecule has 1 aliphatic heterocycles. The maximum absolute atomic E-state index is 13.3. The van der Waals surface area contributed by atoms with Gasteiger partial charge in [-0.3, -0.25) is 9.78 Å². The van der Waals surface area contributed by atoms with Gasteiger partial charge in [-0.05, 0) is 43.1 Å². The molecular formula is C24H28N4O3. The molecule has 2 aromatic heterocycles. The van der Waals surface area contributed by atoms with Gasteiger partial charge in [-0.2, -0.15) is 4.98 Å². The van der Waals surface area contributed by atoms with Crippen molar-refractivity contribution in [2.45, 2.75) is 51.0 Å². The van der Waals surface area contributed by atoms with E-state index in [1.54, 1.807) is 6.20 Å². The Morgan fingerprint density at radius 2 is 2.00 bits per heavy atom. The topological polar surface area (TPSA) is 81.4 Å². The number of amides is 1. The number of fused-ring (bicyclic) bond motifs is 1. The number of ether oxygens (including phenoxy) is 1. The van der Waals surface area contributed by atoms with Gasteiger partial charge >= 0.3 is 0 Å². The minimum absolute atomic E-state index is 0.0843. The number of rotatable bonds is 7. The lowest BCUT2D eigenvalue weighted by molar-refractivity contribution is 0.0706. The zero-order valence-corrected chi connectivity index (χ0v) is 17.7. The summed E-state index contributed by atoms with van der Waals surface area (Å²) in [5.41, 5.74) is 0.477. The van der Waals surface area contributed by atoms with Gasteiger partial charge in [-0.15, -0.1) is 0 Å². The summed E-state index contributed by atoms with van der Waals surface area (Å²) in [5.74, 6) is 1.78. The van der Waals surface area contributed by atoms with Crippen molar-refractivity contribution in [2.24, 2.45) is 5.92 Å². The second-order valence-corrected chi connectivity index (χ2v) is 8.56. The van der Waals surface area contributed by atoms with Crippen molar-refractivity contribution >= 4 is 16.7 Å². The molecule has 1 atom stereocenters. The molecule has 2 fully saturated rings. The Labute approximate surface area is 181 Å². The fraction of sp³-hybridized carbons (Fsp3) is 0.500. The molecule has 1 aliphatic carbocycles. The fourth-order valence-corrected chi connectivity index (χ4v) is 4.79. The van der Waals surface area contributed by atoms with Crippen LogP contribution < -0.4 is 0 Å². The molecule has 0 N–H and O–H groups in total. The molecule has 1 amide bonds. The second kappa shape index (κ2) is 9.14. The Morgan fingerprint density at radius 1 is 1.13 bits per heavy atom. The van der Waals surface area contributed by atoms with E-state index in [1.165, 1.54) is 25.7 Å². The third kappa shape index (κ3) is 4.32. The molecular weight excluding hydrogens is 392 g/mol. The van der Waals surface area contributed by atoms with E-state index in [4.69, 9.17) is 9.26 Å². The highest BCUT2D eigenvalue weighted by atomic mass is 16.5. The van der Waals surface area contributed by atoms with Crippen LogP contribution in [0, 0.1) is 5.92 Å². The summed E-state index contributed by atoms with van der Waals surface area (Å²) >= 11 is 0. The zero-order valence-electron chi connectivity index (χ0n) is 17.7. The molecule has 0 spiro atoms. The average molecular weight is 421 g/mol. The van der Waals surface area contributed by atoms with Crippen LogP contribution in [0.4, 0.5) is 0 Å². The van der Waals surface area contributed by atoms with Crippen LogP contribution in [0.2, 0.25) is 0 Å². The Kier molecular flexibility index (Phi) is 5.93.